The predicted octanol–water partition coefficient (Wildman–Crippen LogP) is 6.37. The average molecular weight is 407 g/mol. The van der Waals surface area contributed by atoms with Gasteiger partial charge in [0, 0.05) is 27.7 Å². The van der Waals surface area contributed by atoms with Crippen LogP contribution in [0, 0.1) is 0 Å². The Bertz CT molecular complexity index is 951. The molecule has 1 fully saturated rings. The third-order valence-corrected chi connectivity index (χ3v) is 8.30. The van der Waals surface area contributed by atoms with E-state index in [9.17, 15) is 0 Å². The number of nitrogens with two attached hydrogens (primary N) is 1. The van der Waals surface area contributed by atoms with Crippen LogP contribution in [0.25, 0.3) is 11.1 Å². The molecule has 4 heteroatoms. The minimum absolute atomic E-state index is 0.0239. The summed E-state index contributed by atoms with van der Waals surface area (Å²) in [6.45, 7) is 0. The van der Waals surface area contributed by atoms with Crippen LogP contribution in [0.15, 0.2) is 59.6 Å². The summed E-state index contributed by atoms with van der Waals surface area (Å²) < 4.78 is 0. The highest BCUT2D eigenvalue weighted by Crippen LogP contribution is 2.44. The molecule has 0 radical (unpaired) electrons. The first-order valence-corrected chi connectivity index (χ1v) is 12.1. The molecule has 0 amide bonds. The zero-order valence-corrected chi connectivity index (χ0v) is 17.7. The minimum atomic E-state index is -0.0239. The fourth-order valence-corrected chi connectivity index (χ4v) is 6.31. The van der Waals surface area contributed by atoms with Crippen LogP contribution in [0.3, 0.4) is 0 Å². The van der Waals surface area contributed by atoms with Crippen LogP contribution in [0.5, 0.6) is 0 Å². The summed E-state index contributed by atoms with van der Waals surface area (Å²) in [7, 11) is 0. The summed E-state index contributed by atoms with van der Waals surface area (Å²) in [5, 5.41) is 3.41. The number of aromatic nitrogens is 1. The van der Waals surface area contributed by atoms with Crippen molar-refractivity contribution in [3.05, 3.63) is 75.2 Å². The smallest absolute Gasteiger partial charge is 0.124 e. The first kappa shape index (κ1) is 18.4. The number of hydrogen-bond acceptors (Lipinski definition) is 4. The number of rotatable bonds is 4. The first-order chi connectivity index (χ1) is 13.7. The molecule has 1 aromatic heterocycles. The highest BCUT2D eigenvalue weighted by Gasteiger charge is 2.36. The van der Waals surface area contributed by atoms with E-state index in [1.165, 1.54) is 33.7 Å². The van der Waals surface area contributed by atoms with Crippen LogP contribution in [-0.2, 0) is 0 Å². The van der Waals surface area contributed by atoms with Gasteiger partial charge in [0.2, 0.25) is 0 Å². The first-order valence-electron chi connectivity index (χ1n) is 10.3. The van der Waals surface area contributed by atoms with E-state index in [1.54, 1.807) is 0 Å². The van der Waals surface area contributed by atoms with Gasteiger partial charge in [0.15, 0.2) is 0 Å². The van der Waals surface area contributed by atoms with Gasteiger partial charge in [-0.05, 0) is 49.5 Å². The zero-order chi connectivity index (χ0) is 19.0. The van der Waals surface area contributed by atoms with Gasteiger partial charge in [-0.15, -0.1) is 23.1 Å². The molecule has 2 N–H and O–H groups in total. The van der Waals surface area contributed by atoms with Crippen LogP contribution in [0.1, 0.15) is 60.0 Å². The van der Waals surface area contributed by atoms with Crippen LogP contribution >= 0.6 is 23.1 Å². The summed E-state index contributed by atoms with van der Waals surface area (Å²) in [4.78, 5) is 6.56. The normalized spacial score (nSPS) is 25.8. The highest BCUT2D eigenvalue weighted by atomic mass is 32.2. The van der Waals surface area contributed by atoms with Crippen molar-refractivity contribution in [3.8, 4) is 0 Å². The van der Waals surface area contributed by atoms with Crippen molar-refractivity contribution < 1.29 is 0 Å². The Labute approximate surface area is 175 Å². The third-order valence-electron chi connectivity index (χ3n) is 6.26. The number of nitrogens with zero attached hydrogens (tertiary/aromatic N) is 1. The maximum absolute atomic E-state index is 6.56. The molecular formula is C24H26N2S2. The molecule has 144 valence electrons. The van der Waals surface area contributed by atoms with Gasteiger partial charge < -0.3 is 5.73 Å². The van der Waals surface area contributed by atoms with Crippen molar-refractivity contribution in [3.63, 3.8) is 0 Å². The third kappa shape index (κ3) is 3.42. The number of thiazole rings is 1. The molecule has 4 aliphatic rings. The van der Waals surface area contributed by atoms with Crippen LogP contribution in [-0.4, -0.2) is 16.3 Å². The highest BCUT2D eigenvalue weighted by molar-refractivity contribution is 8.02. The van der Waals surface area contributed by atoms with Crippen molar-refractivity contribution in [2.45, 2.75) is 50.0 Å². The van der Waals surface area contributed by atoms with Gasteiger partial charge in [0.1, 0.15) is 5.01 Å². The average Bonchev–Trinajstić information content (AvgIpc) is 3.19. The zero-order valence-electron chi connectivity index (χ0n) is 16.1. The standard InChI is InChI=1S/C24H26N2S2/c25-24(13-5-14-24)20-11-9-17(10-12-20)21-22(18-6-2-1-3-7-18)28-23(26-21)19-8-4-15-27-16-19/h1-4,6,8-9,11,16,18H,5,7,10,12-15,25H2. The van der Waals surface area contributed by atoms with E-state index in [1.807, 2.05) is 23.1 Å². The molecule has 1 aromatic rings. The van der Waals surface area contributed by atoms with Gasteiger partial charge in [-0.1, -0.05) is 54.2 Å². The second-order valence-corrected chi connectivity index (χ2v) is 10.0. The van der Waals surface area contributed by atoms with Crippen LogP contribution < -0.4 is 5.73 Å². The summed E-state index contributed by atoms with van der Waals surface area (Å²) in [5.41, 5.74) is 11.8. The van der Waals surface area contributed by atoms with Crippen LogP contribution in [0.2, 0.25) is 0 Å². The van der Waals surface area contributed by atoms with Gasteiger partial charge in [0.05, 0.1) is 5.69 Å². The molecule has 2 nitrogen and oxygen atoms in total. The van der Waals surface area contributed by atoms with Crippen molar-refractivity contribution in [1.82, 2.24) is 4.98 Å². The lowest BCUT2D eigenvalue weighted by Gasteiger charge is -2.41. The van der Waals surface area contributed by atoms with E-state index in [0.717, 1.165) is 42.9 Å². The molecule has 1 unspecified atom stereocenters. The van der Waals surface area contributed by atoms with E-state index in [0.29, 0.717) is 5.92 Å². The summed E-state index contributed by atoms with van der Waals surface area (Å²) in [5.74, 6) is 1.50. The van der Waals surface area contributed by atoms with Gasteiger partial charge >= 0.3 is 0 Å². The van der Waals surface area contributed by atoms with Crippen molar-refractivity contribution in [1.29, 1.82) is 0 Å². The number of hydrogen-bond donors (Lipinski definition) is 1. The summed E-state index contributed by atoms with van der Waals surface area (Å²) >= 11 is 3.72. The van der Waals surface area contributed by atoms with Crippen molar-refractivity contribution in [2.24, 2.45) is 5.73 Å². The van der Waals surface area contributed by atoms with Crippen molar-refractivity contribution >= 4 is 34.2 Å². The van der Waals surface area contributed by atoms with E-state index in [-0.39, 0.29) is 5.54 Å². The molecule has 0 spiro atoms. The number of allylic oxidation sites excluding steroid dienone is 9. The maximum atomic E-state index is 6.56. The Morgan fingerprint density at radius 2 is 2.04 bits per heavy atom. The molecular weight excluding hydrogens is 380 g/mol. The van der Waals surface area contributed by atoms with E-state index >= 15 is 0 Å². The molecule has 5 rings (SSSR count). The molecule has 0 aromatic carbocycles. The summed E-state index contributed by atoms with van der Waals surface area (Å²) in [6, 6.07) is 0. The van der Waals surface area contributed by atoms with Gasteiger partial charge in [-0.2, -0.15) is 0 Å². The summed E-state index contributed by atoms with van der Waals surface area (Å²) in [6.07, 6.45) is 24.7. The fraction of sp³-hybridized carbons (Fsp3) is 0.375. The molecule has 1 atom stereocenters. The second kappa shape index (κ2) is 7.66. The quantitative estimate of drug-likeness (QED) is 0.631. The Morgan fingerprint density at radius 1 is 1.11 bits per heavy atom. The molecule has 0 saturated heterocycles. The molecule has 28 heavy (non-hydrogen) atoms. The van der Waals surface area contributed by atoms with E-state index in [4.69, 9.17) is 10.7 Å². The Hall–Kier alpha value is -1.62. The van der Waals surface area contributed by atoms with E-state index in [2.05, 4.69) is 54.0 Å². The van der Waals surface area contributed by atoms with Gasteiger partial charge in [-0.25, -0.2) is 4.98 Å². The molecule has 3 aliphatic carbocycles. The molecule has 1 saturated carbocycles. The maximum Gasteiger partial charge on any atom is 0.124 e. The van der Waals surface area contributed by atoms with Gasteiger partial charge in [0.25, 0.3) is 0 Å². The molecule has 0 bridgehead atoms. The Morgan fingerprint density at radius 3 is 2.68 bits per heavy atom. The minimum Gasteiger partial charge on any atom is -0.322 e. The number of thioether (sulfide) groups is 1. The topological polar surface area (TPSA) is 38.9 Å². The lowest BCUT2D eigenvalue weighted by Crippen LogP contribution is -2.48. The monoisotopic (exact) mass is 406 g/mol. The molecule has 1 aliphatic heterocycles. The molecule has 2 heterocycles. The Kier molecular flexibility index (Phi) is 5.04. The SMILES string of the molecule is NC1(C2=CC=C(c3nc(C4=CSCC=C4)sc3C3C=CC=CC3)CC2)CCC1. The lowest BCUT2D eigenvalue weighted by atomic mass is 9.69. The van der Waals surface area contributed by atoms with E-state index < -0.39 is 0 Å². The fourth-order valence-electron chi connectivity index (χ4n) is 4.37. The lowest BCUT2D eigenvalue weighted by molar-refractivity contribution is 0.291. The van der Waals surface area contributed by atoms with Crippen LogP contribution in [0.4, 0.5) is 0 Å². The predicted molar refractivity (Wildman–Crippen MR) is 123 cm³/mol. The largest absolute Gasteiger partial charge is 0.322 e. The van der Waals surface area contributed by atoms with Gasteiger partial charge in [-0.3, -0.25) is 0 Å². The van der Waals surface area contributed by atoms with Crippen molar-refractivity contribution in [2.75, 3.05) is 5.75 Å². The second-order valence-electron chi connectivity index (χ2n) is 8.09. The Balaban J connectivity index is 1.51.